The monoisotopic (exact) mass is 231 g/mol. The van der Waals surface area contributed by atoms with Gasteiger partial charge in [0.05, 0.1) is 11.3 Å². The molecule has 0 radical (unpaired) electrons. The van der Waals surface area contributed by atoms with Crippen molar-refractivity contribution in [2.75, 3.05) is 5.73 Å². The summed E-state index contributed by atoms with van der Waals surface area (Å²) in [7, 11) is 0. The standard InChI is InChI=1S/C8H7BrFNO/c1-4(12)7-6(10)3-2-5(9)8(7)11/h2-3H,11H2,1H3. The number of anilines is 1. The van der Waals surface area contributed by atoms with Gasteiger partial charge in [0.2, 0.25) is 0 Å². The van der Waals surface area contributed by atoms with Crippen molar-refractivity contribution in [3.8, 4) is 0 Å². The summed E-state index contributed by atoms with van der Waals surface area (Å²) in [5, 5.41) is 0. The van der Waals surface area contributed by atoms with Gasteiger partial charge in [0, 0.05) is 4.47 Å². The maximum Gasteiger partial charge on any atom is 0.164 e. The van der Waals surface area contributed by atoms with E-state index in [0.29, 0.717) is 4.47 Å². The molecule has 0 aromatic heterocycles. The molecular formula is C8H7BrFNO. The largest absolute Gasteiger partial charge is 0.397 e. The van der Waals surface area contributed by atoms with Gasteiger partial charge in [0.15, 0.2) is 5.78 Å². The fourth-order valence-corrected chi connectivity index (χ4v) is 1.26. The van der Waals surface area contributed by atoms with Gasteiger partial charge in [-0.3, -0.25) is 4.79 Å². The van der Waals surface area contributed by atoms with Crippen LogP contribution in [-0.2, 0) is 0 Å². The minimum atomic E-state index is -0.580. The van der Waals surface area contributed by atoms with Crippen LogP contribution >= 0.6 is 15.9 Å². The van der Waals surface area contributed by atoms with Crippen LogP contribution in [0.15, 0.2) is 16.6 Å². The molecule has 12 heavy (non-hydrogen) atoms. The predicted octanol–water partition coefficient (Wildman–Crippen LogP) is 2.37. The van der Waals surface area contributed by atoms with E-state index in [0.717, 1.165) is 0 Å². The van der Waals surface area contributed by atoms with Crippen LogP contribution in [0.3, 0.4) is 0 Å². The van der Waals surface area contributed by atoms with Crippen LogP contribution in [0.2, 0.25) is 0 Å². The van der Waals surface area contributed by atoms with E-state index in [1.807, 2.05) is 0 Å². The Morgan fingerprint density at radius 3 is 2.58 bits per heavy atom. The Morgan fingerprint density at radius 1 is 1.58 bits per heavy atom. The molecule has 0 spiro atoms. The van der Waals surface area contributed by atoms with E-state index >= 15 is 0 Å². The van der Waals surface area contributed by atoms with E-state index in [9.17, 15) is 9.18 Å². The number of nitrogens with two attached hydrogens (primary N) is 1. The summed E-state index contributed by atoms with van der Waals surface area (Å²) >= 11 is 3.10. The molecule has 0 atom stereocenters. The highest BCUT2D eigenvalue weighted by Crippen LogP contribution is 2.25. The summed E-state index contributed by atoms with van der Waals surface area (Å²) in [6.07, 6.45) is 0. The summed E-state index contributed by atoms with van der Waals surface area (Å²) in [6.45, 7) is 1.28. The SMILES string of the molecule is CC(=O)c1c(F)ccc(Br)c1N. The second-order valence-electron chi connectivity index (χ2n) is 2.37. The van der Waals surface area contributed by atoms with Gasteiger partial charge in [-0.25, -0.2) is 4.39 Å². The molecule has 4 heteroatoms. The third-order valence-electron chi connectivity index (χ3n) is 1.49. The highest BCUT2D eigenvalue weighted by Gasteiger charge is 2.12. The Hall–Kier alpha value is -0.900. The molecular weight excluding hydrogens is 225 g/mol. The van der Waals surface area contributed by atoms with Crippen molar-refractivity contribution in [3.63, 3.8) is 0 Å². The fourth-order valence-electron chi connectivity index (χ4n) is 0.925. The van der Waals surface area contributed by atoms with Gasteiger partial charge in [-0.1, -0.05) is 0 Å². The first-order valence-corrected chi connectivity index (χ1v) is 4.07. The highest BCUT2D eigenvalue weighted by molar-refractivity contribution is 9.10. The molecule has 0 unspecified atom stereocenters. The zero-order chi connectivity index (χ0) is 9.30. The lowest BCUT2D eigenvalue weighted by Gasteiger charge is -2.04. The zero-order valence-corrected chi connectivity index (χ0v) is 7.98. The minimum absolute atomic E-state index is 0.0515. The van der Waals surface area contributed by atoms with Crippen LogP contribution in [0, 0.1) is 5.82 Å². The molecule has 0 saturated carbocycles. The zero-order valence-electron chi connectivity index (χ0n) is 6.40. The predicted molar refractivity (Wildman–Crippen MR) is 48.5 cm³/mol. The van der Waals surface area contributed by atoms with Gasteiger partial charge in [-0.05, 0) is 35.0 Å². The van der Waals surface area contributed by atoms with Crippen molar-refractivity contribution in [2.45, 2.75) is 6.92 Å². The average Bonchev–Trinajstić information content (AvgIpc) is 1.97. The van der Waals surface area contributed by atoms with E-state index in [4.69, 9.17) is 5.73 Å². The molecule has 0 fully saturated rings. The van der Waals surface area contributed by atoms with Crippen LogP contribution in [0.5, 0.6) is 0 Å². The molecule has 2 nitrogen and oxygen atoms in total. The van der Waals surface area contributed by atoms with Crippen molar-refractivity contribution < 1.29 is 9.18 Å². The van der Waals surface area contributed by atoms with Gasteiger partial charge < -0.3 is 5.73 Å². The first-order chi connectivity index (χ1) is 5.54. The molecule has 0 bridgehead atoms. The molecule has 0 aliphatic heterocycles. The maximum atomic E-state index is 13.0. The number of nitrogen functional groups attached to an aromatic ring is 1. The average molecular weight is 232 g/mol. The number of benzene rings is 1. The second-order valence-corrected chi connectivity index (χ2v) is 3.23. The lowest BCUT2D eigenvalue weighted by Crippen LogP contribution is -2.03. The molecule has 1 rings (SSSR count). The van der Waals surface area contributed by atoms with Crippen molar-refractivity contribution in [3.05, 3.63) is 28.0 Å². The van der Waals surface area contributed by atoms with Gasteiger partial charge in [0.25, 0.3) is 0 Å². The number of halogens is 2. The molecule has 0 heterocycles. The Labute approximate surface area is 77.7 Å². The minimum Gasteiger partial charge on any atom is -0.397 e. The van der Waals surface area contributed by atoms with E-state index in [2.05, 4.69) is 15.9 Å². The van der Waals surface area contributed by atoms with Crippen molar-refractivity contribution in [2.24, 2.45) is 0 Å². The topological polar surface area (TPSA) is 43.1 Å². The van der Waals surface area contributed by atoms with Crippen LogP contribution in [0.25, 0.3) is 0 Å². The second kappa shape index (κ2) is 3.23. The normalized spacial score (nSPS) is 9.92. The number of ketones is 1. The molecule has 1 aromatic rings. The molecule has 2 N–H and O–H groups in total. The number of rotatable bonds is 1. The van der Waals surface area contributed by atoms with Crippen LogP contribution in [-0.4, -0.2) is 5.78 Å². The van der Waals surface area contributed by atoms with E-state index in [1.165, 1.54) is 19.1 Å². The van der Waals surface area contributed by atoms with Crippen LogP contribution < -0.4 is 5.73 Å². The van der Waals surface area contributed by atoms with E-state index in [1.54, 1.807) is 0 Å². The summed E-state index contributed by atoms with van der Waals surface area (Å²) < 4.78 is 13.5. The van der Waals surface area contributed by atoms with Crippen molar-refractivity contribution in [1.82, 2.24) is 0 Å². The van der Waals surface area contributed by atoms with Gasteiger partial charge in [-0.2, -0.15) is 0 Å². The number of Topliss-reactive ketones (excluding diaryl/α,β-unsaturated/α-hetero) is 1. The van der Waals surface area contributed by atoms with E-state index in [-0.39, 0.29) is 17.0 Å². The number of carbonyl (C=O) groups excluding carboxylic acids is 1. The summed E-state index contributed by atoms with van der Waals surface area (Å²) in [5.74, 6) is -0.950. The molecule has 0 saturated heterocycles. The number of carbonyl (C=O) groups is 1. The lowest BCUT2D eigenvalue weighted by atomic mass is 10.1. The highest BCUT2D eigenvalue weighted by atomic mass is 79.9. The first kappa shape index (κ1) is 9.19. The summed E-state index contributed by atoms with van der Waals surface area (Å²) in [4.78, 5) is 10.9. The molecule has 64 valence electrons. The Morgan fingerprint density at radius 2 is 2.17 bits per heavy atom. The summed E-state index contributed by atoms with van der Waals surface area (Å²) in [5.41, 5.74) is 5.58. The molecule has 0 amide bonds. The number of hydrogen-bond acceptors (Lipinski definition) is 2. The van der Waals surface area contributed by atoms with Crippen LogP contribution in [0.1, 0.15) is 17.3 Å². The Balaban J connectivity index is 3.43. The van der Waals surface area contributed by atoms with Gasteiger partial charge in [-0.15, -0.1) is 0 Å². The third kappa shape index (κ3) is 1.48. The smallest absolute Gasteiger partial charge is 0.164 e. The Bertz CT molecular complexity index is 338. The van der Waals surface area contributed by atoms with Crippen molar-refractivity contribution >= 4 is 27.4 Å². The van der Waals surface area contributed by atoms with Gasteiger partial charge >= 0.3 is 0 Å². The first-order valence-electron chi connectivity index (χ1n) is 3.28. The van der Waals surface area contributed by atoms with E-state index < -0.39 is 5.82 Å². The summed E-state index contributed by atoms with van der Waals surface area (Å²) in [6, 6.07) is 2.67. The quantitative estimate of drug-likeness (QED) is 0.596. The molecule has 1 aromatic carbocycles. The van der Waals surface area contributed by atoms with Crippen LogP contribution in [0.4, 0.5) is 10.1 Å². The fraction of sp³-hybridized carbons (Fsp3) is 0.125. The molecule has 0 aliphatic rings. The lowest BCUT2D eigenvalue weighted by molar-refractivity contribution is 0.101. The molecule has 0 aliphatic carbocycles. The van der Waals surface area contributed by atoms with Gasteiger partial charge in [0.1, 0.15) is 5.82 Å². The maximum absolute atomic E-state index is 13.0. The number of hydrogen-bond donors (Lipinski definition) is 1. The third-order valence-corrected chi connectivity index (χ3v) is 2.19. The van der Waals surface area contributed by atoms with Crippen molar-refractivity contribution in [1.29, 1.82) is 0 Å². The Kier molecular flexibility index (Phi) is 2.47.